The van der Waals surface area contributed by atoms with Gasteiger partial charge in [0.1, 0.15) is 5.75 Å². The van der Waals surface area contributed by atoms with E-state index in [-0.39, 0.29) is 24.3 Å². The fraction of sp³-hybridized carbons (Fsp3) is 0.150. The molecule has 1 heterocycles. The Labute approximate surface area is 161 Å². The van der Waals surface area contributed by atoms with Gasteiger partial charge in [-0.05, 0) is 48.0 Å². The first-order valence-electron chi connectivity index (χ1n) is 8.24. The summed E-state index contributed by atoms with van der Waals surface area (Å²) in [5.74, 6) is -0.436. The smallest absolute Gasteiger partial charge is 0.293 e. The Kier molecular flexibility index (Phi) is 5.61. The molecule has 0 atom stereocenters. The Morgan fingerprint density at radius 2 is 1.96 bits per heavy atom. The lowest BCUT2D eigenvalue weighted by molar-refractivity contribution is -0.123. The van der Waals surface area contributed by atoms with E-state index >= 15 is 0 Å². The van der Waals surface area contributed by atoms with E-state index in [4.69, 9.17) is 10.5 Å². The first-order chi connectivity index (χ1) is 12.9. The van der Waals surface area contributed by atoms with Crippen molar-refractivity contribution in [1.29, 1.82) is 0 Å². The molecule has 0 spiro atoms. The Morgan fingerprint density at radius 3 is 2.70 bits per heavy atom. The van der Waals surface area contributed by atoms with Crippen LogP contribution in [0.15, 0.2) is 53.4 Å². The second kappa shape index (κ2) is 8.09. The van der Waals surface area contributed by atoms with Crippen molar-refractivity contribution in [2.24, 2.45) is 5.73 Å². The quantitative estimate of drug-likeness (QED) is 0.776. The summed E-state index contributed by atoms with van der Waals surface area (Å²) >= 11 is 0.908. The zero-order valence-electron chi connectivity index (χ0n) is 14.7. The molecule has 7 heteroatoms. The minimum Gasteiger partial charge on any atom is -0.484 e. The lowest BCUT2D eigenvalue weighted by atomic mass is 10.1. The molecule has 0 saturated carbocycles. The number of rotatable bonds is 6. The van der Waals surface area contributed by atoms with Crippen LogP contribution < -0.4 is 10.5 Å². The van der Waals surface area contributed by atoms with E-state index < -0.39 is 5.91 Å². The number of thioether (sulfide) groups is 1. The van der Waals surface area contributed by atoms with Crippen molar-refractivity contribution < 1.29 is 19.1 Å². The molecule has 0 aromatic heterocycles. The number of primary amides is 1. The van der Waals surface area contributed by atoms with Crippen LogP contribution in [0.4, 0.5) is 4.79 Å². The van der Waals surface area contributed by atoms with Gasteiger partial charge < -0.3 is 10.5 Å². The molecule has 0 bridgehead atoms. The van der Waals surface area contributed by atoms with Crippen LogP contribution in [0.2, 0.25) is 0 Å². The number of amides is 3. The van der Waals surface area contributed by atoms with Gasteiger partial charge in [-0.2, -0.15) is 0 Å². The third kappa shape index (κ3) is 4.77. The molecule has 1 saturated heterocycles. The lowest BCUT2D eigenvalue weighted by Crippen LogP contribution is -2.27. The summed E-state index contributed by atoms with van der Waals surface area (Å²) < 4.78 is 5.26. The first kappa shape index (κ1) is 18.7. The van der Waals surface area contributed by atoms with E-state index in [9.17, 15) is 14.4 Å². The number of hydrogen-bond donors (Lipinski definition) is 1. The maximum Gasteiger partial charge on any atom is 0.293 e. The Hall–Kier alpha value is -3.06. The largest absolute Gasteiger partial charge is 0.484 e. The highest BCUT2D eigenvalue weighted by Gasteiger charge is 2.34. The molecule has 6 nitrogen and oxygen atoms in total. The minimum absolute atomic E-state index is 0.226. The Morgan fingerprint density at radius 1 is 1.19 bits per heavy atom. The average molecular weight is 382 g/mol. The molecule has 138 valence electrons. The Bertz CT molecular complexity index is 939. The SMILES string of the molecule is Cc1cccc(CN2C(=O)S/C(=C\c3cccc(OCC(N)=O)c3)C2=O)c1. The van der Waals surface area contributed by atoms with Crippen molar-refractivity contribution in [3.63, 3.8) is 0 Å². The van der Waals surface area contributed by atoms with E-state index in [2.05, 4.69) is 0 Å². The van der Waals surface area contributed by atoms with E-state index in [1.807, 2.05) is 31.2 Å². The number of nitrogens with zero attached hydrogens (tertiary/aromatic N) is 1. The van der Waals surface area contributed by atoms with Crippen molar-refractivity contribution in [3.05, 3.63) is 70.1 Å². The topological polar surface area (TPSA) is 89.7 Å². The van der Waals surface area contributed by atoms with Gasteiger partial charge in [0, 0.05) is 0 Å². The summed E-state index contributed by atoms with van der Waals surface area (Å²) in [6.07, 6.45) is 1.64. The van der Waals surface area contributed by atoms with Crippen LogP contribution in [-0.2, 0) is 16.1 Å². The fourth-order valence-electron chi connectivity index (χ4n) is 2.63. The van der Waals surface area contributed by atoms with E-state index in [1.54, 1.807) is 30.3 Å². The molecule has 1 fully saturated rings. The number of carbonyl (C=O) groups excluding carboxylic acids is 3. The lowest BCUT2D eigenvalue weighted by Gasteiger charge is -2.12. The first-order valence-corrected chi connectivity index (χ1v) is 9.06. The number of nitrogens with two attached hydrogens (primary N) is 1. The molecule has 3 amide bonds. The summed E-state index contributed by atoms with van der Waals surface area (Å²) in [5.41, 5.74) is 7.73. The molecule has 2 aromatic rings. The third-order valence-electron chi connectivity index (χ3n) is 3.83. The van der Waals surface area contributed by atoms with Crippen molar-refractivity contribution in [2.75, 3.05) is 6.61 Å². The van der Waals surface area contributed by atoms with Gasteiger partial charge in [0.05, 0.1) is 11.4 Å². The average Bonchev–Trinajstić information content (AvgIpc) is 2.88. The third-order valence-corrected chi connectivity index (χ3v) is 4.74. The van der Waals surface area contributed by atoms with Crippen molar-refractivity contribution >= 4 is 34.9 Å². The number of ether oxygens (including phenoxy) is 1. The van der Waals surface area contributed by atoms with E-state index in [1.165, 1.54) is 4.90 Å². The number of aryl methyl sites for hydroxylation is 1. The number of hydrogen-bond acceptors (Lipinski definition) is 5. The summed E-state index contributed by atoms with van der Waals surface area (Å²) in [6, 6.07) is 14.6. The normalized spacial score (nSPS) is 15.4. The standard InChI is InChI=1S/C20H18N2O4S/c1-13-4-2-6-15(8-13)11-22-19(24)17(27-20(22)25)10-14-5-3-7-16(9-14)26-12-18(21)23/h2-10H,11-12H2,1H3,(H2,21,23)/b17-10-. The summed E-state index contributed by atoms with van der Waals surface area (Å²) in [5, 5.41) is -0.297. The van der Waals surface area contributed by atoms with Gasteiger partial charge in [-0.1, -0.05) is 42.0 Å². The van der Waals surface area contributed by atoms with Gasteiger partial charge in [-0.15, -0.1) is 0 Å². The highest BCUT2D eigenvalue weighted by Crippen LogP contribution is 2.33. The maximum atomic E-state index is 12.6. The van der Waals surface area contributed by atoms with Crippen LogP contribution in [-0.4, -0.2) is 28.6 Å². The predicted octanol–water partition coefficient (Wildman–Crippen LogP) is 3.10. The Balaban J connectivity index is 1.76. The summed E-state index contributed by atoms with van der Waals surface area (Å²) in [6.45, 7) is 1.98. The molecule has 0 radical (unpaired) electrons. The van der Waals surface area contributed by atoms with Crippen LogP contribution in [0.3, 0.4) is 0 Å². The van der Waals surface area contributed by atoms with Gasteiger partial charge in [-0.3, -0.25) is 19.3 Å². The zero-order valence-corrected chi connectivity index (χ0v) is 15.5. The van der Waals surface area contributed by atoms with Crippen LogP contribution in [0, 0.1) is 6.92 Å². The number of benzene rings is 2. The second-order valence-electron chi connectivity index (χ2n) is 6.08. The van der Waals surface area contributed by atoms with Crippen molar-refractivity contribution in [2.45, 2.75) is 13.5 Å². The molecule has 2 aromatic carbocycles. The molecule has 1 aliphatic heterocycles. The van der Waals surface area contributed by atoms with Gasteiger partial charge in [0.15, 0.2) is 6.61 Å². The van der Waals surface area contributed by atoms with E-state index in [0.717, 1.165) is 22.9 Å². The number of imide groups is 1. The predicted molar refractivity (Wildman–Crippen MR) is 104 cm³/mol. The van der Waals surface area contributed by atoms with Gasteiger partial charge >= 0.3 is 0 Å². The second-order valence-corrected chi connectivity index (χ2v) is 7.08. The van der Waals surface area contributed by atoms with Crippen LogP contribution >= 0.6 is 11.8 Å². The molecule has 27 heavy (non-hydrogen) atoms. The zero-order chi connectivity index (χ0) is 19.4. The molecular weight excluding hydrogens is 364 g/mol. The molecular formula is C20H18N2O4S. The van der Waals surface area contributed by atoms with Gasteiger partial charge in [0.2, 0.25) is 0 Å². The van der Waals surface area contributed by atoms with Crippen LogP contribution in [0.1, 0.15) is 16.7 Å². The van der Waals surface area contributed by atoms with Gasteiger partial charge in [-0.25, -0.2) is 0 Å². The number of carbonyl (C=O) groups is 3. The highest BCUT2D eigenvalue weighted by molar-refractivity contribution is 8.18. The summed E-state index contributed by atoms with van der Waals surface area (Å²) in [4.78, 5) is 37.3. The van der Waals surface area contributed by atoms with Crippen LogP contribution in [0.25, 0.3) is 6.08 Å². The molecule has 1 aliphatic rings. The highest BCUT2D eigenvalue weighted by atomic mass is 32.2. The molecule has 0 unspecified atom stereocenters. The monoisotopic (exact) mass is 382 g/mol. The van der Waals surface area contributed by atoms with Crippen molar-refractivity contribution in [3.8, 4) is 5.75 Å². The fourth-order valence-corrected chi connectivity index (χ4v) is 3.47. The van der Waals surface area contributed by atoms with Crippen molar-refractivity contribution in [1.82, 2.24) is 4.90 Å². The maximum absolute atomic E-state index is 12.6. The van der Waals surface area contributed by atoms with E-state index in [0.29, 0.717) is 16.2 Å². The molecule has 0 aliphatic carbocycles. The summed E-state index contributed by atoms with van der Waals surface area (Å²) in [7, 11) is 0. The minimum atomic E-state index is -0.572. The van der Waals surface area contributed by atoms with Crippen LogP contribution in [0.5, 0.6) is 5.75 Å². The molecule has 3 rings (SSSR count). The molecule has 2 N–H and O–H groups in total. The van der Waals surface area contributed by atoms with Gasteiger partial charge in [0.25, 0.3) is 17.1 Å².